The fourth-order valence-electron chi connectivity index (χ4n) is 2.82. The maximum Gasteiger partial charge on any atom is 0.268 e. The van der Waals surface area contributed by atoms with Crippen molar-refractivity contribution in [1.29, 1.82) is 5.26 Å². The van der Waals surface area contributed by atoms with Gasteiger partial charge in [-0.25, -0.2) is 0 Å². The van der Waals surface area contributed by atoms with Crippen molar-refractivity contribution in [3.63, 3.8) is 0 Å². The quantitative estimate of drug-likeness (QED) is 0.333. The summed E-state index contributed by atoms with van der Waals surface area (Å²) in [5, 5.41) is 21.4. The lowest BCUT2D eigenvalue weighted by atomic mass is 10.2. The molecule has 8 nitrogen and oxygen atoms in total. The molecule has 31 heavy (non-hydrogen) atoms. The molecule has 0 spiro atoms. The summed E-state index contributed by atoms with van der Waals surface area (Å²) in [6.07, 6.45) is 4.78. The maximum absolute atomic E-state index is 12.6. The normalized spacial score (nSPS) is 11.2. The molecule has 3 aromatic heterocycles. The molecule has 0 atom stereocenters. The molecule has 0 aliphatic carbocycles. The molecule has 0 aliphatic heterocycles. The number of hydrogen-bond donors (Lipinski definition) is 1. The van der Waals surface area contributed by atoms with Gasteiger partial charge < -0.3 is 13.7 Å². The van der Waals surface area contributed by atoms with Crippen LogP contribution in [0.2, 0.25) is 5.02 Å². The monoisotopic (exact) mass is 451 g/mol. The molecule has 4 rings (SSSR count). The van der Waals surface area contributed by atoms with Crippen LogP contribution in [0.25, 0.3) is 22.5 Å². The molecule has 0 aliphatic rings. The highest BCUT2D eigenvalue weighted by Gasteiger charge is 2.16. The zero-order chi connectivity index (χ0) is 21.8. The number of ether oxygens (including phenoxy) is 1. The summed E-state index contributed by atoms with van der Waals surface area (Å²) < 4.78 is 12.4. The van der Waals surface area contributed by atoms with E-state index in [4.69, 9.17) is 20.8 Å². The van der Waals surface area contributed by atoms with Crippen molar-refractivity contribution in [3.05, 3.63) is 71.2 Å². The Hall–Kier alpha value is -3.87. The van der Waals surface area contributed by atoms with Crippen molar-refractivity contribution in [1.82, 2.24) is 14.8 Å². The molecule has 1 amide bonds. The number of nitrogens with zero attached hydrogens (tertiary/aromatic N) is 4. The molecule has 154 valence electrons. The van der Waals surface area contributed by atoms with Gasteiger partial charge in [0.15, 0.2) is 10.8 Å². The van der Waals surface area contributed by atoms with E-state index < -0.39 is 5.91 Å². The minimum Gasteiger partial charge on any atom is -0.495 e. The van der Waals surface area contributed by atoms with Gasteiger partial charge in [0.1, 0.15) is 17.4 Å². The highest BCUT2D eigenvalue weighted by molar-refractivity contribution is 7.18. The Bertz CT molecular complexity index is 1300. The number of furan rings is 1. The van der Waals surface area contributed by atoms with Crippen LogP contribution in [-0.4, -0.2) is 27.8 Å². The van der Waals surface area contributed by atoms with E-state index in [1.165, 1.54) is 12.3 Å². The molecule has 1 N–H and O–H groups in total. The first-order valence-corrected chi connectivity index (χ1v) is 10.1. The molecular formula is C21H14ClN5O3S. The Morgan fingerprint density at radius 3 is 2.94 bits per heavy atom. The number of hydrogen-bond acceptors (Lipinski definition) is 7. The third-order valence-corrected chi connectivity index (χ3v) is 5.30. The third-order valence-electron chi connectivity index (χ3n) is 4.22. The fraction of sp³-hybridized carbons (Fsp3) is 0.0476. The van der Waals surface area contributed by atoms with E-state index in [0.29, 0.717) is 32.9 Å². The standard InChI is InChI=1S/C21H14ClN5O3S/c1-29-17-7-6-14(22)11-16(17)27-8-2-4-15(27)10-13(12-23)19(28)24-21-26-25-20(31-21)18-5-3-9-30-18/h2-11H,1H3,(H,24,26,28)/b13-10-. The third kappa shape index (κ3) is 4.35. The number of halogens is 1. The van der Waals surface area contributed by atoms with Crippen LogP contribution in [0.3, 0.4) is 0 Å². The molecule has 1 aromatic carbocycles. The molecule has 10 heteroatoms. The summed E-state index contributed by atoms with van der Waals surface area (Å²) in [6, 6.07) is 14.2. The average Bonchev–Trinajstić information content (AvgIpc) is 3.53. The summed E-state index contributed by atoms with van der Waals surface area (Å²) in [5.74, 6) is 0.537. The van der Waals surface area contributed by atoms with Gasteiger partial charge in [-0.2, -0.15) is 5.26 Å². The van der Waals surface area contributed by atoms with Crippen molar-refractivity contribution >= 4 is 40.1 Å². The number of aromatic nitrogens is 3. The van der Waals surface area contributed by atoms with E-state index in [-0.39, 0.29) is 10.7 Å². The lowest BCUT2D eigenvalue weighted by Crippen LogP contribution is -2.13. The van der Waals surface area contributed by atoms with Gasteiger partial charge in [0.05, 0.1) is 19.1 Å². The summed E-state index contributed by atoms with van der Waals surface area (Å²) in [6.45, 7) is 0. The Morgan fingerprint density at radius 2 is 2.19 bits per heavy atom. The number of nitrogens with one attached hydrogen (secondary N) is 1. The van der Waals surface area contributed by atoms with Crippen LogP contribution in [0.15, 0.2) is 64.9 Å². The van der Waals surface area contributed by atoms with E-state index in [1.54, 1.807) is 60.3 Å². The van der Waals surface area contributed by atoms with Crippen molar-refractivity contribution in [2.24, 2.45) is 0 Å². The number of carbonyl (C=O) groups is 1. The highest BCUT2D eigenvalue weighted by Crippen LogP contribution is 2.29. The maximum atomic E-state index is 12.6. The molecule has 0 fully saturated rings. The summed E-state index contributed by atoms with van der Waals surface area (Å²) in [4.78, 5) is 12.6. The van der Waals surface area contributed by atoms with E-state index in [0.717, 1.165) is 11.3 Å². The van der Waals surface area contributed by atoms with Gasteiger partial charge in [0, 0.05) is 16.9 Å². The number of nitriles is 1. The van der Waals surface area contributed by atoms with Crippen molar-refractivity contribution in [2.75, 3.05) is 12.4 Å². The predicted molar refractivity (Wildman–Crippen MR) is 117 cm³/mol. The van der Waals surface area contributed by atoms with Crippen LogP contribution in [0.4, 0.5) is 5.13 Å². The molecule has 0 unspecified atom stereocenters. The first kappa shape index (κ1) is 20.4. The molecule has 0 saturated carbocycles. The van der Waals surface area contributed by atoms with Gasteiger partial charge in [-0.15, -0.1) is 10.2 Å². The smallest absolute Gasteiger partial charge is 0.268 e. The molecule has 0 saturated heterocycles. The summed E-state index contributed by atoms with van der Waals surface area (Å²) in [7, 11) is 1.55. The molecule has 3 heterocycles. The number of benzene rings is 1. The van der Waals surface area contributed by atoms with E-state index >= 15 is 0 Å². The minimum atomic E-state index is -0.601. The van der Waals surface area contributed by atoms with Gasteiger partial charge in [0.2, 0.25) is 5.13 Å². The molecule has 4 aromatic rings. The van der Waals surface area contributed by atoms with Crippen LogP contribution < -0.4 is 10.1 Å². The van der Waals surface area contributed by atoms with Crippen LogP contribution in [0, 0.1) is 11.3 Å². The lowest BCUT2D eigenvalue weighted by molar-refractivity contribution is -0.112. The lowest BCUT2D eigenvalue weighted by Gasteiger charge is -2.12. The first-order valence-electron chi connectivity index (χ1n) is 8.91. The van der Waals surface area contributed by atoms with Crippen LogP contribution in [0.5, 0.6) is 5.75 Å². The number of anilines is 1. The van der Waals surface area contributed by atoms with E-state index in [1.807, 2.05) is 6.07 Å². The van der Waals surface area contributed by atoms with Gasteiger partial charge in [-0.1, -0.05) is 22.9 Å². The van der Waals surface area contributed by atoms with Crippen LogP contribution >= 0.6 is 22.9 Å². The van der Waals surface area contributed by atoms with E-state index in [2.05, 4.69) is 15.5 Å². The number of methoxy groups -OCH3 is 1. The van der Waals surface area contributed by atoms with Crippen molar-refractivity contribution in [3.8, 4) is 28.3 Å². The molecule has 0 bridgehead atoms. The summed E-state index contributed by atoms with van der Waals surface area (Å²) >= 11 is 7.28. The second-order valence-electron chi connectivity index (χ2n) is 6.13. The fourth-order valence-corrected chi connectivity index (χ4v) is 3.69. The van der Waals surface area contributed by atoms with Gasteiger partial charge in [-0.05, 0) is 48.5 Å². The average molecular weight is 452 g/mol. The zero-order valence-corrected chi connectivity index (χ0v) is 17.6. The highest BCUT2D eigenvalue weighted by atomic mass is 35.5. The van der Waals surface area contributed by atoms with Crippen molar-refractivity contribution < 1.29 is 13.9 Å². The van der Waals surface area contributed by atoms with Gasteiger partial charge in [0.25, 0.3) is 5.91 Å². The second-order valence-corrected chi connectivity index (χ2v) is 7.55. The summed E-state index contributed by atoms with van der Waals surface area (Å²) in [5.41, 5.74) is 1.17. The predicted octanol–water partition coefficient (Wildman–Crippen LogP) is 4.80. The van der Waals surface area contributed by atoms with Crippen LogP contribution in [-0.2, 0) is 4.79 Å². The first-order chi connectivity index (χ1) is 15.1. The number of carbonyl (C=O) groups excluding carboxylic acids is 1. The van der Waals surface area contributed by atoms with Crippen molar-refractivity contribution in [2.45, 2.75) is 0 Å². The number of rotatable bonds is 6. The Kier molecular flexibility index (Phi) is 5.84. The molecular weight excluding hydrogens is 438 g/mol. The largest absolute Gasteiger partial charge is 0.495 e. The Labute approximate surface area is 186 Å². The van der Waals surface area contributed by atoms with Gasteiger partial charge >= 0.3 is 0 Å². The van der Waals surface area contributed by atoms with Gasteiger partial charge in [-0.3, -0.25) is 10.1 Å². The second kappa shape index (κ2) is 8.87. The number of amides is 1. The minimum absolute atomic E-state index is 0.101. The zero-order valence-electron chi connectivity index (χ0n) is 16.1. The van der Waals surface area contributed by atoms with E-state index in [9.17, 15) is 10.1 Å². The Morgan fingerprint density at radius 1 is 1.32 bits per heavy atom. The Balaban J connectivity index is 1.60. The van der Waals surface area contributed by atoms with Crippen LogP contribution in [0.1, 0.15) is 5.69 Å². The SMILES string of the molecule is COc1ccc(Cl)cc1-n1cccc1/C=C(/C#N)C(=O)Nc1nnc(-c2ccco2)s1. The topological polar surface area (TPSA) is 106 Å². The molecule has 0 radical (unpaired) electrons.